The van der Waals surface area contributed by atoms with Gasteiger partial charge < -0.3 is 14.8 Å². The highest BCUT2D eigenvalue weighted by Crippen LogP contribution is 2.60. The topological polar surface area (TPSA) is 67.9 Å². The zero-order chi connectivity index (χ0) is 22.5. The van der Waals surface area contributed by atoms with Crippen molar-refractivity contribution in [3.63, 3.8) is 0 Å². The van der Waals surface area contributed by atoms with Gasteiger partial charge in [0.15, 0.2) is 5.54 Å². The van der Waals surface area contributed by atoms with Gasteiger partial charge in [-0.05, 0) is 79.5 Å². The van der Waals surface area contributed by atoms with E-state index in [1.165, 1.54) is 4.90 Å². The highest BCUT2D eigenvalue weighted by Gasteiger charge is 2.67. The molecule has 6 heteroatoms. The second kappa shape index (κ2) is 7.62. The molecule has 3 aliphatic rings. The first kappa shape index (κ1) is 21.0. The lowest BCUT2D eigenvalue weighted by atomic mass is 9.61. The molecule has 1 saturated heterocycles. The lowest BCUT2D eigenvalue weighted by Crippen LogP contribution is -2.56. The van der Waals surface area contributed by atoms with Crippen LogP contribution in [-0.2, 0) is 21.5 Å². The number of nitrogens with zero attached hydrogens (tertiary/aromatic N) is 1. The summed E-state index contributed by atoms with van der Waals surface area (Å²) >= 11 is 0. The van der Waals surface area contributed by atoms with E-state index < -0.39 is 5.54 Å². The van der Waals surface area contributed by atoms with Crippen LogP contribution in [0.1, 0.15) is 43.7 Å². The molecule has 3 amide bonds. The SMILES string of the molecule is CCO[C@H]1CC[C@]2(CC1)Cc1ccc(-c3cccc(OC)c3)cc1C21NC(=O)N(C)C1=O. The van der Waals surface area contributed by atoms with Gasteiger partial charge >= 0.3 is 6.03 Å². The predicted octanol–water partition coefficient (Wildman–Crippen LogP) is 4.26. The molecule has 0 bridgehead atoms. The van der Waals surface area contributed by atoms with Crippen LogP contribution in [0.15, 0.2) is 42.5 Å². The monoisotopic (exact) mass is 434 g/mol. The molecule has 2 aliphatic carbocycles. The Bertz CT molecular complexity index is 1070. The van der Waals surface area contributed by atoms with Crippen molar-refractivity contribution in [1.82, 2.24) is 10.2 Å². The minimum atomic E-state index is -1.01. The Labute approximate surface area is 188 Å². The normalized spacial score (nSPS) is 29.0. The van der Waals surface area contributed by atoms with E-state index in [2.05, 4.69) is 23.5 Å². The van der Waals surface area contributed by atoms with Gasteiger partial charge in [-0.3, -0.25) is 9.69 Å². The summed E-state index contributed by atoms with van der Waals surface area (Å²) in [5.41, 5.74) is 2.78. The molecular weight excluding hydrogens is 404 g/mol. The van der Waals surface area contributed by atoms with E-state index in [-0.39, 0.29) is 23.5 Å². The molecule has 2 fully saturated rings. The van der Waals surface area contributed by atoms with E-state index in [9.17, 15) is 9.59 Å². The summed E-state index contributed by atoms with van der Waals surface area (Å²) in [6.45, 7) is 2.72. The molecule has 0 aromatic heterocycles. The zero-order valence-corrected chi connectivity index (χ0v) is 18.9. The number of urea groups is 1. The molecule has 2 aromatic carbocycles. The van der Waals surface area contributed by atoms with Crippen LogP contribution in [0.5, 0.6) is 5.75 Å². The summed E-state index contributed by atoms with van der Waals surface area (Å²) in [5, 5.41) is 3.17. The Balaban J connectivity index is 1.61. The number of nitrogens with one attached hydrogen (secondary N) is 1. The number of carbonyl (C=O) groups excluding carboxylic acids is 2. The number of methoxy groups -OCH3 is 1. The van der Waals surface area contributed by atoms with Crippen molar-refractivity contribution < 1.29 is 19.1 Å². The number of hydrogen-bond donors (Lipinski definition) is 1. The fourth-order valence-electron chi connectivity index (χ4n) is 6.13. The predicted molar refractivity (Wildman–Crippen MR) is 121 cm³/mol. The molecule has 32 heavy (non-hydrogen) atoms. The number of likely N-dealkylation sites (N-methyl/N-ethyl adjacent to an activating group) is 1. The van der Waals surface area contributed by atoms with E-state index in [0.717, 1.165) is 60.1 Å². The number of hydrogen-bond acceptors (Lipinski definition) is 4. The van der Waals surface area contributed by atoms with Crippen LogP contribution in [0, 0.1) is 5.41 Å². The second-order valence-corrected chi connectivity index (χ2v) is 9.26. The van der Waals surface area contributed by atoms with Crippen LogP contribution in [0.4, 0.5) is 4.79 Å². The lowest BCUT2D eigenvalue weighted by Gasteiger charge is -2.46. The van der Waals surface area contributed by atoms with Gasteiger partial charge in [-0.25, -0.2) is 4.79 Å². The number of amides is 3. The fraction of sp³-hybridized carbons (Fsp3) is 0.462. The van der Waals surface area contributed by atoms with Crippen LogP contribution in [0.3, 0.4) is 0 Å². The number of carbonyl (C=O) groups is 2. The van der Waals surface area contributed by atoms with Crippen molar-refractivity contribution in [1.29, 1.82) is 0 Å². The molecule has 1 saturated carbocycles. The first-order chi connectivity index (χ1) is 15.4. The number of benzene rings is 2. The maximum atomic E-state index is 13.7. The van der Waals surface area contributed by atoms with Gasteiger partial charge in [0.25, 0.3) is 5.91 Å². The van der Waals surface area contributed by atoms with Crippen molar-refractivity contribution in [3.8, 4) is 16.9 Å². The highest BCUT2D eigenvalue weighted by molar-refractivity contribution is 6.08. The first-order valence-electron chi connectivity index (χ1n) is 11.4. The van der Waals surface area contributed by atoms with Gasteiger partial charge in [0.2, 0.25) is 0 Å². The number of rotatable bonds is 4. The van der Waals surface area contributed by atoms with Gasteiger partial charge in [0.1, 0.15) is 5.75 Å². The molecule has 1 N–H and O–H groups in total. The Morgan fingerprint density at radius 2 is 1.84 bits per heavy atom. The summed E-state index contributed by atoms with van der Waals surface area (Å²) in [5.74, 6) is 0.646. The average Bonchev–Trinajstić information content (AvgIpc) is 3.21. The molecule has 1 atom stereocenters. The van der Waals surface area contributed by atoms with E-state index in [4.69, 9.17) is 9.47 Å². The van der Waals surface area contributed by atoms with Crippen LogP contribution in [-0.4, -0.2) is 43.7 Å². The minimum absolute atomic E-state index is 0.140. The molecule has 1 heterocycles. The molecule has 1 aliphatic heterocycles. The van der Waals surface area contributed by atoms with Crippen LogP contribution >= 0.6 is 0 Å². The van der Waals surface area contributed by atoms with Crippen molar-refractivity contribution in [2.45, 2.75) is 50.7 Å². The van der Waals surface area contributed by atoms with Gasteiger partial charge in [0.05, 0.1) is 13.2 Å². The number of ether oxygens (including phenoxy) is 2. The number of imide groups is 1. The first-order valence-corrected chi connectivity index (χ1v) is 11.4. The van der Waals surface area contributed by atoms with E-state index in [1.54, 1.807) is 14.2 Å². The third kappa shape index (κ3) is 2.89. The fourth-order valence-corrected chi connectivity index (χ4v) is 6.13. The zero-order valence-electron chi connectivity index (χ0n) is 18.9. The third-order valence-electron chi connectivity index (χ3n) is 7.76. The van der Waals surface area contributed by atoms with Crippen molar-refractivity contribution >= 4 is 11.9 Å². The van der Waals surface area contributed by atoms with E-state index in [1.807, 2.05) is 31.2 Å². The standard InChI is InChI=1S/C26H30N2O4/c1-4-32-20-10-12-25(13-11-20)16-19-9-8-18(17-6-5-7-21(14-17)31-3)15-22(19)26(25)23(29)28(2)24(30)27-26/h5-9,14-15,20H,4,10-13,16H2,1-3H3,(H,27,30)/t20-,25-,26?. The van der Waals surface area contributed by atoms with Crippen molar-refractivity contribution in [2.75, 3.05) is 20.8 Å². The highest BCUT2D eigenvalue weighted by atomic mass is 16.5. The Kier molecular flexibility index (Phi) is 5.01. The third-order valence-corrected chi connectivity index (χ3v) is 7.76. The van der Waals surface area contributed by atoms with Crippen LogP contribution < -0.4 is 10.1 Å². The van der Waals surface area contributed by atoms with E-state index >= 15 is 0 Å². The largest absolute Gasteiger partial charge is 0.497 e. The van der Waals surface area contributed by atoms with Gasteiger partial charge in [-0.15, -0.1) is 0 Å². The quantitative estimate of drug-likeness (QED) is 0.730. The molecular formula is C26H30N2O4. The number of fused-ring (bicyclic) bond motifs is 3. The van der Waals surface area contributed by atoms with Gasteiger partial charge in [0, 0.05) is 19.1 Å². The Hall–Kier alpha value is -2.86. The average molecular weight is 435 g/mol. The summed E-state index contributed by atoms with van der Waals surface area (Å²) in [4.78, 5) is 27.7. The molecule has 1 unspecified atom stereocenters. The van der Waals surface area contributed by atoms with E-state index in [0.29, 0.717) is 6.61 Å². The molecule has 2 spiro atoms. The summed E-state index contributed by atoms with van der Waals surface area (Å²) in [6, 6.07) is 13.9. The molecule has 2 aromatic rings. The van der Waals surface area contributed by atoms with Gasteiger partial charge in [-0.1, -0.05) is 24.3 Å². The lowest BCUT2D eigenvalue weighted by molar-refractivity contribution is -0.138. The van der Waals surface area contributed by atoms with Crippen LogP contribution in [0.25, 0.3) is 11.1 Å². The minimum Gasteiger partial charge on any atom is -0.497 e. The maximum absolute atomic E-state index is 13.7. The summed E-state index contributed by atoms with van der Waals surface area (Å²) < 4.78 is 11.3. The Morgan fingerprint density at radius 3 is 2.50 bits per heavy atom. The molecule has 6 nitrogen and oxygen atoms in total. The van der Waals surface area contributed by atoms with Gasteiger partial charge in [-0.2, -0.15) is 0 Å². The summed E-state index contributed by atoms with van der Waals surface area (Å²) in [6.07, 6.45) is 4.52. The molecule has 5 rings (SSSR count). The summed E-state index contributed by atoms with van der Waals surface area (Å²) in [7, 11) is 3.23. The Morgan fingerprint density at radius 1 is 1.09 bits per heavy atom. The maximum Gasteiger partial charge on any atom is 0.325 e. The molecule has 168 valence electrons. The smallest absolute Gasteiger partial charge is 0.325 e. The van der Waals surface area contributed by atoms with Crippen molar-refractivity contribution in [3.05, 3.63) is 53.6 Å². The van der Waals surface area contributed by atoms with Crippen molar-refractivity contribution in [2.24, 2.45) is 5.41 Å². The second-order valence-electron chi connectivity index (χ2n) is 9.26. The molecule has 0 radical (unpaired) electrons. The van der Waals surface area contributed by atoms with Crippen LogP contribution in [0.2, 0.25) is 0 Å².